The molecule has 0 aliphatic heterocycles. The van der Waals surface area contributed by atoms with Gasteiger partial charge in [0, 0.05) is 36.1 Å². The quantitative estimate of drug-likeness (QED) is 0.402. The standard InChI is InChI=1S/C23H26N4O2/c1-3-27(4-2)21-12-10-19(22(28)14-21)15-25-26-23(29)16-24-20-11-9-17-7-5-6-8-18(17)13-20/h5-15,24,28H,3-4,16H2,1-2H3,(H,26,29)/b25-15+. The molecule has 0 saturated heterocycles. The van der Waals surface area contributed by atoms with Crippen LogP contribution in [-0.4, -0.2) is 36.9 Å². The lowest BCUT2D eigenvalue weighted by Crippen LogP contribution is -2.25. The van der Waals surface area contributed by atoms with Crippen LogP contribution in [0.15, 0.2) is 65.8 Å². The Labute approximate surface area is 170 Å². The molecule has 3 aromatic carbocycles. The average Bonchev–Trinajstić information content (AvgIpc) is 2.74. The van der Waals surface area contributed by atoms with Gasteiger partial charge >= 0.3 is 0 Å². The van der Waals surface area contributed by atoms with Crippen molar-refractivity contribution in [3.8, 4) is 5.75 Å². The Bertz CT molecular complexity index is 1010. The van der Waals surface area contributed by atoms with Crippen LogP contribution in [-0.2, 0) is 4.79 Å². The van der Waals surface area contributed by atoms with E-state index in [4.69, 9.17) is 0 Å². The molecule has 3 rings (SSSR count). The average molecular weight is 390 g/mol. The second-order valence-corrected chi connectivity index (χ2v) is 6.62. The molecular weight excluding hydrogens is 364 g/mol. The molecular formula is C23H26N4O2. The fraction of sp³-hybridized carbons (Fsp3) is 0.217. The molecule has 0 unspecified atom stereocenters. The Morgan fingerprint density at radius 2 is 1.79 bits per heavy atom. The number of amides is 1. The molecule has 0 fully saturated rings. The van der Waals surface area contributed by atoms with Gasteiger partial charge in [0.25, 0.3) is 5.91 Å². The summed E-state index contributed by atoms with van der Waals surface area (Å²) in [5.41, 5.74) is 4.84. The predicted molar refractivity (Wildman–Crippen MR) is 120 cm³/mol. The van der Waals surface area contributed by atoms with Gasteiger partial charge in [-0.2, -0.15) is 5.10 Å². The van der Waals surface area contributed by atoms with Crippen molar-refractivity contribution in [2.75, 3.05) is 29.9 Å². The molecule has 3 aromatic rings. The maximum Gasteiger partial charge on any atom is 0.259 e. The van der Waals surface area contributed by atoms with Gasteiger partial charge in [0.15, 0.2) is 0 Å². The zero-order valence-corrected chi connectivity index (χ0v) is 16.7. The number of anilines is 2. The van der Waals surface area contributed by atoms with Gasteiger partial charge in [-0.3, -0.25) is 4.79 Å². The summed E-state index contributed by atoms with van der Waals surface area (Å²) in [4.78, 5) is 14.2. The van der Waals surface area contributed by atoms with Crippen molar-refractivity contribution in [1.29, 1.82) is 0 Å². The number of hydrogen-bond donors (Lipinski definition) is 3. The Hall–Kier alpha value is -3.54. The van der Waals surface area contributed by atoms with Crippen LogP contribution < -0.4 is 15.6 Å². The van der Waals surface area contributed by atoms with E-state index in [9.17, 15) is 9.90 Å². The molecule has 6 heteroatoms. The van der Waals surface area contributed by atoms with E-state index in [1.165, 1.54) is 6.21 Å². The number of phenols is 1. The number of fused-ring (bicyclic) bond motifs is 1. The van der Waals surface area contributed by atoms with E-state index in [-0.39, 0.29) is 18.2 Å². The number of benzene rings is 3. The van der Waals surface area contributed by atoms with Crippen molar-refractivity contribution in [2.45, 2.75) is 13.8 Å². The molecule has 0 saturated carbocycles. The third-order valence-electron chi connectivity index (χ3n) is 4.74. The molecule has 0 bridgehead atoms. The lowest BCUT2D eigenvalue weighted by molar-refractivity contribution is -0.119. The van der Waals surface area contributed by atoms with Crippen LogP contribution in [0.3, 0.4) is 0 Å². The topological polar surface area (TPSA) is 77.0 Å². The predicted octanol–water partition coefficient (Wildman–Crippen LogP) is 3.95. The molecule has 0 spiro atoms. The molecule has 29 heavy (non-hydrogen) atoms. The molecule has 0 aliphatic carbocycles. The third-order valence-corrected chi connectivity index (χ3v) is 4.74. The highest BCUT2D eigenvalue weighted by Gasteiger charge is 2.06. The summed E-state index contributed by atoms with van der Waals surface area (Å²) in [5, 5.41) is 19.5. The number of rotatable bonds is 8. The first-order valence-electron chi connectivity index (χ1n) is 9.73. The van der Waals surface area contributed by atoms with E-state index < -0.39 is 0 Å². The highest BCUT2D eigenvalue weighted by molar-refractivity contribution is 5.88. The van der Waals surface area contributed by atoms with Crippen LogP contribution in [0.2, 0.25) is 0 Å². The molecule has 0 radical (unpaired) electrons. The Balaban J connectivity index is 1.53. The van der Waals surface area contributed by atoms with Crippen LogP contribution in [0, 0.1) is 0 Å². The van der Waals surface area contributed by atoms with Gasteiger partial charge in [-0.1, -0.05) is 30.3 Å². The first kappa shape index (κ1) is 20.2. The van der Waals surface area contributed by atoms with E-state index in [1.807, 2.05) is 48.5 Å². The first-order valence-corrected chi connectivity index (χ1v) is 9.73. The van der Waals surface area contributed by atoms with Crippen LogP contribution in [0.5, 0.6) is 5.75 Å². The maximum absolute atomic E-state index is 12.0. The Morgan fingerprint density at radius 1 is 1.03 bits per heavy atom. The van der Waals surface area contributed by atoms with Gasteiger partial charge in [-0.25, -0.2) is 5.43 Å². The van der Waals surface area contributed by atoms with Gasteiger partial charge < -0.3 is 15.3 Å². The smallest absolute Gasteiger partial charge is 0.259 e. The summed E-state index contributed by atoms with van der Waals surface area (Å²) >= 11 is 0. The minimum absolute atomic E-state index is 0.0998. The summed E-state index contributed by atoms with van der Waals surface area (Å²) in [7, 11) is 0. The lowest BCUT2D eigenvalue weighted by atomic mass is 10.1. The summed E-state index contributed by atoms with van der Waals surface area (Å²) in [6.07, 6.45) is 1.44. The van der Waals surface area contributed by atoms with E-state index in [0.29, 0.717) is 5.56 Å². The number of aromatic hydroxyl groups is 1. The second kappa shape index (κ2) is 9.59. The lowest BCUT2D eigenvalue weighted by Gasteiger charge is -2.21. The first-order chi connectivity index (χ1) is 14.1. The minimum Gasteiger partial charge on any atom is -0.507 e. The number of carbonyl (C=O) groups is 1. The molecule has 1 amide bonds. The van der Waals surface area contributed by atoms with Crippen LogP contribution in [0.25, 0.3) is 10.8 Å². The van der Waals surface area contributed by atoms with Crippen LogP contribution in [0.1, 0.15) is 19.4 Å². The van der Waals surface area contributed by atoms with Gasteiger partial charge in [-0.05, 0) is 48.9 Å². The Morgan fingerprint density at radius 3 is 2.52 bits per heavy atom. The Kier molecular flexibility index (Phi) is 6.68. The molecule has 3 N–H and O–H groups in total. The van der Waals surface area contributed by atoms with Crippen molar-refractivity contribution in [3.63, 3.8) is 0 Å². The van der Waals surface area contributed by atoms with Gasteiger partial charge in [0.05, 0.1) is 12.8 Å². The minimum atomic E-state index is -0.270. The highest BCUT2D eigenvalue weighted by Crippen LogP contribution is 2.23. The molecule has 0 aliphatic rings. The number of hydrazone groups is 1. The van der Waals surface area contributed by atoms with E-state index in [0.717, 1.165) is 35.2 Å². The van der Waals surface area contributed by atoms with Crippen molar-refractivity contribution >= 4 is 34.3 Å². The molecule has 0 heterocycles. The third kappa shape index (κ3) is 5.25. The fourth-order valence-electron chi connectivity index (χ4n) is 3.12. The van der Waals surface area contributed by atoms with Crippen LogP contribution >= 0.6 is 0 Å². The van der Waals surface area contributed by atoms with Crippen molar-refractivity contribution in [3.05, 3.63) is 66.2 Å². The number of hydrogen-bond acceptors (Lipinski definition) is 5. The van der Waals surface area contributed by atoms with E-state index >= 15 is 0 Å². The van der Waals surface area contributed by atoms with E-state index in [2.05, 4.69) is 34.6 Å². The normalized spacial score (nSPS) is 11.0. The zero-order chi connectivity index (χ0) is 20.6. The number of phenolic OH excluding ortho intramolecular Hbond substituents is 1. The summed E-state index contributed by atoms with van der Waals surface area (Å²) in [6, 6.07) is 19.4. The summed E-state index contributed by atoms with van der Waals surface area (Å²) in [5.74, 6) is -0.143. The fourth-order valence-corrected chi connectivity index (χ4v) is 3.12. The second-order valence-electron chi connectivity index (χ2n) is 6.62. The molecule has 0 atom stereocenters. The monoisotopic (exact) mass is 390 g/mol. The highest BCUT2D eigenvalue weighted by atomic mass is 16.3. The number of nitrogens with zero attached hydrogens (tertiary/aromatic N) is 2. The van der Waals surface area contributed by atoms with Crippen LogP contribution in [0.4, 0.5) is 11.4 Å². The molecule has 6 nitrogen and oxygen atoms in total. The van der Waals surface area contributed by atoms with Gasteiger partial charge in [0.1, 0.15) is 5.75 Å². The zero-order valence-electron chi connectivity index (χ0n) is 16.7. The summed E-state index contributed by atoms with van der Waals surface area (Å²) in [6.45, 7) is 5.96. The largest absolute Gasteiger partial charge is 0.507 e. The van der Waals surface area contributed by atoms with Crippen molar-refractivity contribution in [2.24, 2.45) is 5.10 Å². The SMILES string of the molecule is CCN(CC)c1ccc(/C=N/NC(=O)CNc2ccc3ccccc3c2)c(O)c1. The van der Waals surface area contributed by atoms with Gasteiger partial charge in [-0.15, -0.1) is 0 Å². The number of nitrogens with one attached hydrogen (secondary N) is 2. The summed E-state index contributed by atoms with van der Waals surface area (Å²) < 4.78 is 0. The van der Waals surface area contributed by atoms with E-state index in [1.54, 1.807) is 12.1 Å². The van der Waals surface area contributed by atoms with Gasteiger partial charge in [0.2, 0.25) is 0 Å². The van der Waals surface area contributed by atoms with Crippen molar-refractivity contribution < 1.29 is 9.90 Å². The number of carbonyl (C=O) groups excluding carboxylic acids is 1. The molecule has 0 aromatic heterocycles. The maximum atomic E-state index is 12.0. The van der Waals surface area contributed by atoms with Crippen molar-refractivity contribution in [1.82, 2.24) is 5.43 Å². The molecule has 150 valence electrons.